The summed E-state index contributed by atoms with van der Waals surface area (Å²) in [6.07, 6.45) is 0.736. The van der Waals surface area contributed by atoms with E-state index in [4.69, 9.17) is 9.84 Å². The molecule has 0 radical (unpaired) electrons. The van der Waals surface area contributed by atoms with Crippen LogP contribution in [0.2, 0.25) is 0 Å². The topological polar surface area (TPSA) is 58.6 Å². The zero-order valence-corrected chi connectivity index (χ0v) is 12.9. The molecule has 2 unspecified atom stereocenters. The Bertz CT molecular complexity index is 459. The molecule has 0 spiro atoms. The molecule has 2 N–H and O–H groups in total. The van der Waals surface area contributed by atoms with E-state index < -0.39 is 5.54 Å². The second kappa shape index (κ2) is 8.10. The van der Waals surface area contributed by atoms with Gasteiger partial charge in [-0.1, -0.05) is 25.1 Å². The van der Waals surface area contributed by atoms with Crippen molar-refractivity contribution in [3.8, 4) is 0 Å². The van der Waals surface area contributed by atoms with Gasteiger partial charge < -0.3 is 15.2 Å². The van der Waals surface area contributed by atoms with E-state index in [-0.39, 0.29) is 24.2 Å². The van der Waals surface area contributed by atoms with Crippen molar-refractivity contribution in [3.05, 3.63) is 35.6 Å². The van der Waals surface area contributed by atoms with Gasteiger partial charge in [0.05, 0.1) is 12.1 Å². The third-order valence-corrected chi connectivity index (χ3v) is 3.48. The van der Waals surface area contributed by atoms with Crippen molar-refractivity contribution in [1.29, 1.82) is 0 Å². The number of carbonyl (C=O) groups is 1. The zero-order chi connectivity index (χ0) is 15.9. The monoisotopic (exact) mass is 297 g/mol. The van der Waals surface area contributed by atoms with Gasteiger partial charge in [-0.05, 0) is 31.4 Å². The lowest BCUT2D eigenvalue weighted by atomic mass is 9.95. The highest BCUT2D eigenvalue weighted by Crippen LogP contribution is 2.15. The SMILES string of the molecule is COCC(C)(CCO)NC(=O)C(C)Cc1ccccc1F. The molecule has 1 aromatic carbocycles. The Morgan fingerprint density at radius 1 is 1.48 bits per heavy atom. The second-order valence-corrected chi connectivity index (χ2v) is 5.65. The maximum atomic E-state index is 13.6. The fourth-order valence-corrected chi connectivity index (χ4v) is 2.24. The summed E-state index contributed by atoms with van der Waals surface area (Å²) < 4.78 is 18.7. The van der Waals surface area contributed by atoms with Crippen molar-refractivity contribution < 1.29 is 19.0 Å². The first-order chi connectivity index (χ1) is 9.91. The van der Waals surface area contributed by atoms with Crippen LogP contribution >= 0.6 is 0 Å². The predicted octanol–water partition coefficient (Wildman–Crippen LogP) is 1.91. The summed E-state index contributed by atoms with van der Waals surface area (Å²) in [5.41, 5.74) is -0.0971. The number of methoxy groups -OCH3 is 1. The van der Waals surface area contributed by atoms with Gasteiger partial charge in [-0.3, -0.25) is 4.79 Å². The minimum absolute atomic E-state index is 0.0398. The van der Waals surface area contributed by atoms with Crippen molar-refractivity contribution in [1.82, 2.24) is 5.32 Å². The highest BCUT2D eigenvalue weighted by Gasteiger charge is 2.28. The fourth-order valence-electron chi connectivity index (χ4n) is 2.24. The number of ether oxygens (including phenoxy) is 1. The van der Waals surface area contributed by atoms with E-state index in [0.29, 0.717) is 25.0 Å². The standard InChI is InChI=1S/C16H24FNO3/c1-12(10-13-6-4-5-7-14(13)17)15(20)18-16(2,8-9-19)11-21-3/h4-7,12,19H,8-11H2,1-3H3,(H,18,20). The Morgan fingerprint density at radius 2 is 2.14 bits per heavy atom. The number of amides is 1. The average Bonchev–Trinajstić information content (AvgIpc) is 2.41. The van der Waals surface area contributed by atoms with E-state index in [1.807, 2.05) is 6.92 Å². The van der Waals surface area contributed by atoms with E-state index in [1.165, 1.54) is 6.07 Å². The molecule has 0 aliphatic rings. The Balaban J connectivity index is 2.67. The summed E-state index contributed by atoms with van der Waals surface area (Å²) >= 11 is 0. The van der Waals surface area contributed by atoms with Crippen LogP contribution in [0.25, 0.3) is 0 Å². The van der Waals surface area contributed by atoms with E-state index in [1.54, 1.807) is 32.2 Å². The minimum Gasteiger partial charge on any atom is -0.396 e. The minimum atomic E-state index is -0.621. The number of benzene rings is 1. The maximum Gasteiger partial charge on any atom is 0.223 e. The first kappa shape index (κ1) is 17.6. The van der Waals surface area contributed by atoms with Gasteiger partial charge in [-0.2, -0.15) is 0 Å². The van der Waals surface area contributed by atoms with Crippen LogP contribution in [-0.2, 0) is 16.0 Å². The molecule has 1 amide bonds. The molecule has 0 aliphatic heterocycles. The van der Waals surface area contributed by atoms with Crippen LogP contribution in [0.3, 0.4) is 0 Å². The lowest BCUT2D eigenvalue weighted by Crippen LogP contribution is -2.51. The molecule has 4 nitrogen and oxygen atoms in total. The van der Waals surface area contributed by atoms with Crippen LogP contribution < -0.4 is 5.32 Å². The zero-order valence-electron chi connectivity index (χ0n) is 12.9. The number of hydrogen-bond acceptors (Lipinski definition) is 3. The van der Waals surface area contributed by atoms with Gasteiger partial charge in [-0.15, -0.1) is 0 Å². The van der Waals surface area contributed by atoms with E-state index in [2.05, 4.69) is 5.32 Å². The predicted molar refractivity (Wildman–Crippen MR) is 79.4 cm³/mol. The average molecular weight is 297 g/mol. The summed E-state index contributed by atoms with van der Waals surface area (Å²) in [6, 6.07) is 6.45. The molecule has 0 saturated carbocycles. The van der Waals surface area contributed by atoms with Gasteiger partial charge in [0.15, 0.2) is 0 Å². The van der Waals surface area contributed by atoms with Gasteiger partial charge in [0, 0.05) is 19.6 Å². The molecular formula is C16H24FNO3. The molecule has 118 valence electrons. The molecule has 2 atom stereocenters. The summed E-state index contributed by atoms with van der Waals surface area (Å²) in [7, 11) is 1.55. The first-order valence-electron chi connectivity index (χ1n) is 7.07. The summed E-state index contributed by atoms with van der Waals surface area (Å²) in [4.78, 5) is 12.3. The molecular weight excluding hydrogens is 273 g/mol. The van der Waals surface area contributed by atoms with Crippen molar-refractivity contribution in [3.63, 3.8) is 0 Å². The number of aliphatic hydroxyl groups is 1. The van der Waals surface area contributed by atoms with Crippen LogP contribution in [-0.4, -0.2) is 36.9 Å². The first-order valence-corrected chi connectivity index (χ1v) is 7.07. The van der Waals surface area contributed by atoms with Crippen LogP contribution in [0, 0.1) is 11.7 Å². The normalized spacial score (nSPS) is 15.3. The molecule has 0 fully saturated rings. The van der Waals surface area contributed by atoms with Crippen molar-refractivity contribution >= 4 is 5.91 Å². The summed E-state index contributed by atoms with van der Waals surface area (Å²) in [5, 5.41) is 12.0. The molecule has 0 aromatic heterocycles. The molecule has 0 bridgehead atoms. The fraction of sp³-hybridized carbons (Fsp3) is 0.562. The maximum absolute atomic E-state index is 13.6. The number of nitrogens with one attached hydrogen (secondary N) is 1. The highest BCUT2D eigenvalue weighted by atomic mass is 19.1. The molecule has 0 heterocycles. The number of rotatable bonds is 8. The number of hydrogen-bond donors (Lipinski definition) is 2. The van der Waals surface area contributed by atoms with Crippen LogP contribution in [0.15, 0.2) is 24.3 Å². The van der Waals surface area contributed by atoms with Gasteiger partial charge >= 0.3 is 0 Å². The smallest absolute Gasteiger partial charge is 0.223 e. The molecule has 0 aliphatic carbocycles. The van der Waals surface area contributed by atoms with E-state index >= 15 is 0 Å². The van der Waals surface area contributed by atoms with Crippen LogP contribution in [0.1, 0.15) is 25.8 Å². The third kappa shape index (κ3) is 5.44. The van der Waals surface area contributed by atoms with E-state index in [0.717, 1.165) is 0 Å². The van der Waals surface area contributed by atoms with Crippen molar-refractivity contribution in [2.45, 2.75) is 32.2 Å². The van der Waals surface area contributed by atoms with Crippen LogP contribution in [0.4, 0.5) is 4.39 Å². The van der Waals surface area contributed by atoms with Gasteiger partial charge in [0.2, 0.25) is 5.91 Å². The van der Waals surface area contributed by atoms with Crippen LogP contribution in [0.5, 0.6) is 0 Å². The van der Waals surface area contributed by atoms with Gasteiger partial charge in [-0.25, -0.2) is 4.39 Å². The number of aliphatic hydroxyl groups excluding tert-OH is 1. The summed E-state index contributed by atoms with van der Waals surface area (Å²) in [6.45, 7) is 3.85. The van der Waals surface area contributed by atoms with E-state index in [9.17, 15) is 9.18 Å². The molecule has 5 heteroatoms. The second-order valence-electron chi connectivity index (χ2n) is 5.65. The van der Waals surface area contributed by atoms with Gasteiger partial charge in [0.1, 0.15) is 5.82 Å². The Labute approximate surface area is 125 Å². The Kier molecular flexibility index (Phi) is 6.78. The van der Waals surface area contributed by atoms with Gasteiger partial charge in [0.25, 0.3) is 0 Å². The lowest BCUT2D eigenvalue weighted by molar-refractivity contribution is -0.127. The highest BCUT2D eigenvalue weighted by molar-refractivity contribution is 5.79. The Hall–Kier alpha value is -1.46. The van der Waals surface area contributed by atoms with Crippen molar-refractivity contribution in [2.75, 3.05) is 20.3 Å². The van der Waals surface area contributed by atoms with Crippen molar-refractivity contribution in [2.24, 2.45) is 5.92 Å². The quantitative estimate of drug-likeness (QED) is 0.770. The molecule has 1 rings (SSSR count). The Morgan fingerprint density at radius 3 is 2.71 bits per heavy atom. The summed E-state index contributed by atoms with van der Waals surface area (Å²) in [5.74, 6) is -0.838. The molecule has 0 saturated heterocycles. The number of carbonyl (C=O) groups excluding carboxylic acids is 1. The molecule has 1 aromatic rings. The lowest BCUT2D eigenvalue weighted by Gasteiger charge is -2.30. The molecule has 21 heavy (non-hydrogen) atoms. The largest absolute Gasteiger partial charge is 0.396 e. The number of halogens is 1. The third-order valence-electron chi connectivity index (χ3n) is 3.48.